The van der Waals surface area contributed by atoms with Gasteiger partial charge in [-0.05, 0) is 37.5 Å². The van der Waals surface area contributed by atoms with Gasteiger partial charge in [0.2, 0.25) is 5.91 Å². The minimum atomic E-state index is -0.443. The van der Waals surface area contributed by atoms with Gasteiger partial charge in [0.15, 0.2) is 0 Å². The molecule has 1 aromatic rings. The maximum absolute atomic E-state index is 11.3. The minimum absolute atomic E-state index is 0.218. The van der Waals surface area contributed by atoms with Crippen molar-refractivity contribution in [3.05, 3.63) is 29.8 Å². The van der Waals surface area contributed by atoms with Crippen LogP contribution in [-0.2, 0) is 4.79 Å². The van der Waals surface area contributed by atoms with Crippen molar-refractivity contribution in [1.82, 2.24) is 16.2 Å². The van der Waals surface area contributed by atoms with Crippen molar-refractivity contribution in [3.8, 4) is 5.75 Å². The molecule has 0 saturated heterocycles. The topological polar surface area (TPSA) is 79.5 Å². The molecule has 0 aromatic heterocycles. The molecule has 0 aliphatic carbocycles. The van der Waals surface area contributed by atoms with E-state index in [0.717, 1.165) is 17.7 Å². The Bertz CT molecular complexity index is 449. The number of carbonyl (C=O) groups is 2. The lowest BCUT2D eigenvalue weighted by molar-refractivity contribution is -0.121. The molecular formula is C14H21N3O3. The monoisotopic (exact) mass is 279 g/mol. The second-order valence-corrected chi connectivity index (χ2v) is 4.37. The lowest BCUT2D eigenvalue weighted by Crippen LogP contribution is -2.45. The Hall–Kier alpha value is -2.24. The highest BCUT2D eigenvalue weighted by molar-refractivity contribution is 5.80. The van der Waals surface area contributed by atoms with Crippen molar-refractivity contribution < 1.29 is 14.3 Å². The Morgan fingerprint density at radius 3 is 2.70 bits per heavy atom. The Morgan fingerprint density at radius 1 is 1.20 bits per heavy atom. The van der Waals surface area contributed by atoms with Crippen LogP contribution in [0, 0.1) is 6.92 Å². The summed E-state index contributed by atoms with van der Waals surface area (Å²) in [4.78, 5) is 22.2. The van der Waals surface area contributed by atoms with Gasteiger partial charge < -0.3 is 10.1 Å². The molecule has 0 bridgehead atoms. The number of benzene rings is 1. The first-order valence-corrected chi connectivity index (χ1v) is 6.58. The number of hydrogen-bond donors (Lipinski definition) is 3. The van der Waals surface area contributed by atoms with Crippen molar-refractivity contribution in [2.75, 3.05) is 13.7 Å². The highest BCUT2D eigenvalue weighted by Crippen LogP contribution is 2.12. The van der Waals surface area contributed by atoms with Gasteiger partial charge >= 0.3 is 6.03 Å². The molecule has 20 heavy (non-hydrogen) atoms. The first-order chi connectivity index (χ1) is 9.61. The smallest absolute Gasteiger partial charge is 0.333 e. The van der Waals surface area contributed by atoms with E-state index in [-0.39, 0.29) is 5.91 Å². The summed E-state index contributed by atoms with van der Waals surface area (Å²) in [5.41, 5.74) is 5.69. The zero-order valence-electron chi connectivity index (χ0n) is 11.9. The summed E-state index contributed by atoms with van der Waals surface area (Å²) in [5, 5.41) is 2.33. The van der Waals surface area contributed by atoms with Crippen molar-refractivity contribution in [1.29, 1.82) is 0 Å². The molecule has 6 nitrogen and oxygen atoms in total. The molecule has 0 aliphatic heterocycles. The summed E-state index contributed by atoms with van der Waals surface area (Å²) in [5.74, 6) is 0.625. The van der Waals surface area contributed by atoms with Crippen LogP contribution in [0.4, 0.5) is 4.79 Å². The molecule has 0 radical (unpaired) electrons. The third-order valence-electron chi connectivity index (χ3n) is 2.60. The fourth-order valence-electron chi connectivity index (χ4n) is 1.53. The van der Waals surface area contributed by atoms with E-state index in [1.165, 1.54) is 7.05 Å². The number of amides is 3. The van der Waals surface area contributed by atoms with Crippen molar-refractivity contribution in [2.24, 2.45) is 0 Å². The first kappa shape index (κ1) is 15.8. The Kier molecular flexibility index (Phi) is 6.95. The summed E-state index contributed by atoms with van der Waals surface area (Å²) < 4.78 is 5.57. The largest absolute Gasteiger partial charge is 0.494 e. The molecule has 3 amide bonds. The molecule has 6 heteroatoms. The van der Waals surface area contributed by atoms with E-state index in [0.29, 0.717) is 19.4 Å². The van der Waals surface area contributed by atoms with E-state index in [1.54, 1.807) is 0 Å². The number of aryl methyl sites for hydroxylation is 1. The standard InChI is InChI=1S/C14H21N3O3/c1-11-6-5-7-12(10-11)20-9-4-3-8-13(18)16-17-14(19)15-2/h5-7,10H,3-4,8-9H2,1-2H3,(H,16,18)(H2,15,17,19). The van der Waals surface area contributed by atoms with E-state index < -0.39 is 6.03 Å². The summed E-state index contributed by atoms with van der Waals surface area (Å²) in [6.45, 7) is 2.58. The number of hydrazine groups is 1. The average Bonchev–Trinajstić information content (AvgIpc) is 2.44. The normalized spacial score (nSPS) is 9.70. The number of rotatable bonds is 6. The van der Waals surface area contributed by atoms with Gasteiger partial charge in [0.05, 0.1) is 6.61 Å². The van der Waals surface area contributed by atoms with Gasteiger partial charge in [0.25, 0.3) is 0 Å². The quantitative estimate of drug-likeness (QED) is 0.545. The Labute approximate surface area is 118 Å². The van der Waals surface area contributed by atoms with E-state index in [1.807, 2.05) is 31.2 Å². The van der Waals surface area contributed by atoms with Gasteiger partial charge in [-0.15, -0.1) is 0 Å². The second-order valence-electron chi connectivity index (χ2n) is 4.37. The predicted molar refractivity (Wildman–Crippen MR) is 76.3 cm³/mol. The SMILES string of the molecule is CNC(=O)NNC(=O)CCCCOc1cccc(C)c1. The molecule has 0 saturated carbocycles. The van der Waals surface area contributed by atoms with Gasteiger partial charge in [0.1, 0.15) is 5.75 Å². The molecule has 1 aromatic carbocycles. The molecule has 3 N–H and O–H groups in total. The molecule has 0 unspecified atom stereocenters. The van der Waals surface area contributed by atoms with Gasteiger partial charge in [-0.2, -0.15) is 0 Å². The van der Waals surface area contributed by atoms with Gasteiger partial charge in [-0.25, -0.2) is 10.2 Å². The first-order valence-electron chi connectivity index (χ1n) is 6.58. The third kappa shape index (κ3) is 6.63. The van der Waals surface area contributed by atoms with Crippen molar-refractivity contribution >= 4 is 11.9 Å². The molecule has 110 valence electrons. The number of nitrogens with one attached hydrogen (secondary N) is 3. The van der Waals surface area contributed by atoms with Crippen LogP contribution in [0.2, 0.25) is 0 Å². The molecule has 0 atom stereocenters. The van der Waals surface area contributed by atoms with E-state index in [2.05, 4.69) is 16.2 Å². The third-order valence-corrected chi connectivity index (χ3v) is 2.60. The Balaban J connectivity index is 2.07. The van der Waals surface area contributed by atoms with Gasteiger partial charge in [0, 0.05) is 13.5 Å². The summed E-state index contributed by atoms with van der Waals surface area (Å²) in [7, 11) is 1.48. The molecule has 0 heterocycles. The van der Waals surface area contributed by atoms with Gasteiger partial charge in [-0.1, -0.05) is 12.1 Å². The lowest BCUT2D eigenvalue weighted by atomic mass is 10.2. The van der Waals surface area contributed by atoms with Crippen LogP contribution < -0.4 is 20.9 Å². The van der Waals surface area contributed by atoms with Crippen LogP contribution in [0.15, 0.2) is 24.3 Å². The fourth-order valence-corrected chi connectivity index (χ4v) is 1.53. The number of carbonyl (C=O) groups excluding carboxylic acids is 2. The number of ether oxygens (including phenoxy) is 1. The Morgan fingerprint density at radius 2 is 2.00 bits per heavy atom. The highest BCUT2D eigenvalue weighted by atomic mass is 16.5. The molecule has 0 spiro atoms. The second kappa shape index (κ2) is 8.79. The van der Waals surface area contributed by atoms with Crippen LogP contribution in [0.3, 0.4) is 0 Å². The van der Waals surface area contributed by atoms with Crippen LogP contribution in [0.25, 0.3) is 0 Å². The van der Waals surface area contributed by atoms with Crippen LogP contribution >= 0.6 is 0 Å². The van der Waals surface area contributed by atoms with Crippen molar-refractivity contribution in [2.45, 2.75) is 26.2 Å². The van der Waals surface area contributed by atoms with E-state index in [4.69, 9.17) is 4.74 Å². The van der Waals surface area contributed by atoms with Crippen molar-refractivity contribution in [3.63, 3.8) is 0 Å². The molecule has 1 rings (SSSR count). The predicted octanol–water partition coefficient (Wildman–Crippen LogP) is 1.50. The summed E-state index contributed by atoms with van der Waals surface area (Å²) in [6.07, 6.45) is 1.83. The van der Waals surface area contributed by atoms with Gasteiger partial charge in [-0.3, -0.25) is 10.2 Å². The number of urea groups is 1. The maximum Gasteiger partial charge on any atom is 0.333 e. The van der Waals surface area contributed by atoms with E-state index >= 15 is 0 Å². The molecule has 0 aliphatic rings. The van der Waals surface area contributed by atoms with E-state index in [9.17, 15) is 9.59 Å². The average molecular weight is 279 g/mol. The number of hydrogen-bond acceptors (Lipinski definition) is 3. The fraction of sp³-hybridized carbons (Fsp3) is 0.429. The minimum Gasteiger partial charge on any atom is -0.494 e. The van der Waals surface area contributed by atoms with Crippen LogP contribution in [-0.4, -0.2) is 25.6 Å². The zero-order valence-corrected chi connectivity index (χ0v) is 11.9. The summed E-state index contributed by atoms with van der Waals surface area (Å²) in [6, 6.07) is 7.40. The van der Waals surface area contributed by atoms with Crippen LogP contribution in [0.5, 0.6) is 5.75 Å². The lowest BCUT2D eigenvalue weighted by Gasteiger charge is -2.08. The van der Waals surface area contributed by atoms with Crippen LogP contribution in [0.1, 0.15) is 24.8 Å². The number of unbranched alkanes of at least 4 members (excludes halogenated alkanes) is 1. The molecule has 0 fully saturated rings. The maximum atomic E-state index is 11.3. The molecular weight excluding hydrogens is 258 g/mol. The highest BCUT2D eigenvalue weighted by Gasteiger charge is 2.02. The summed E-state index contributed by atoms with van der Waals surface area (Å²) >= 11 is 0. The zero-order chi connectivity index (χ0) is 14.8.